The number of hydrogen-bond donors (Lipinski definition) is 1. The van der Waals surface area contributed by atoms with E-state index in [4.69, 9.17) is 5.26 Å². The van der Waals surface area contributed by atoms with Crippen molar-refractivity contribution in [3.05, 3.63) is 29.8 Å². The van der Waals surface area contributed by atoms with Gasteiger partial charge in [0.25, 0.3) is 0 Å². The summed E-state index contributed by atoms with van der Waals surface area (Å²) in [6.07, 6.45) is 0. The van der Waals surface area contributed by atoms with Gasteiger partial charge in [0.05, 0.1) is 6.07 Å². The molecule has 0 saturated heterocycles. The number of hydrogen-bond acceptors (Lipinski definition) is 3. The molecule has 1 N–H and O–H groups in total. The van der Waals surface area contributed by atoms with Crippen LogP contribution in [0, 0.1) is 18.3 Å². The minimum Gasteiger partial charge on any atom is -0.372 e. The summed E-state index contributed by atoms with van der Waals surface area (Å²) in [5, 5.41) is 11.8. The molecule has 3 nitrogen and oxygen atoms in total. The van der Waals surface area contributed by atoms with Crippen LogP contribution in [0.3, 0.4) is 0 Å². The van der Waals surface area contributed by atoms with Crippen molar-refractivity contribution in [1.82, 2.24) is 5.32 Å². The summed E-state index contributed by atoms with van der Waals surface area (Å²) in [6.45, 7) is 2.77. The molecule has 1 atom stereocenters. The summed E-state index contributed by atoms with van der Waals surface area (Å²) in [6, 6.07) is 10.3. The molecule has 0 aliphatic rings. The highest BCUT2D eigenvalue weighted by Crippen LogP contribution is 2.17. The minimum absolute atomic E-state index is 0.130. The van der Waals surface area contributed by atoms with E-state index < -0.39 is 0 Å². The lowest BCUT2D eigenvalue weighted by molar-refractivity contribution is 0.665. The number of nitrogens with one attached hydrogen (secondary N) is 1. The van der Waals surface area contributed by atoms with Crippen LogP contribution >= 0.6 is 0 Å². The molecule has 1 rings (SSSR count). The van der Waals surface area contributed by atoms with Crippen LogP contribution in [0.1, 0.15) is 5.56 Å². The van der Waals surface area contributed by atoms with Crippen LogP contribution in [0.2, 0.25) is 0 Å². The number of anilines is 1. The van der Waals surface area contributed by atoms with Crippen molar-refractivity contribution in [2.45, 2.75) is 13.0 Å². The van der Waals surface area contributed by atoms with Gasteiger partial charge in [-0.3, -0.25) is 0 Å². The summed E-state index contributed by atoms with van der Waals surface area (Å²) in [5.41, 5.74) is 2.40. The van der Waals surface area contributed by atoms with Gasteiger partial charge >= 0.3 is 0 Å². The average molecular weight is 203 g/mol. The second-order valence-electron chi connectivity index (χ2n) is 3.64. The molecule has 80 valence electrons. The third kappa shape index (κ3) is 2.97. The zero-order valence-corrected chi connectivity index (χ0v) is 9.49. The first-order valence-corrected chi connectivity index (χ1v) is 5.02. The molecule has 15 heavy (non-hydrogen) atoms. The molecule has 0 bridgehead atoms. The SMILES string of the molecule is CNC(C#N)CN(C)c1ccccc1C. The normalized spacial score (nSPS) is 11.9. The Labute approximate surface area is 91.3 Å². The fourth-order valence-electron chi connectivity index (χ4n) is 1.56. The van der Waals surface area contributed by atoms with Crippen molar-refractivity contribution in [3.63, 3.8) is 0 Å². The Morgan fingerprint density at radius 1 is 1.47 bits per heavy atom. The monoisotopic (exact) mass is 203 g/mol. The maximum Gasteiger partial charge on any atom is 0.113 e. The standard InChI is InChI=1S/C12H17N3/c1-10-6-4-5-7-12(10)15(3)9-11(8-13)14-2/h4-7,11,14H,9H2,1-3H3. The Morgan fingerprint density at radius 2 is 2.13 bits per heavy atom. The number of aryl methyl sites for hydroxylation is 1. The van der Waals surface area contributed by atoms with E-state index in [0.29, 0.717) is 6.54 Å². The van der Waals surface area contributed by atoms with Crippen molar-refractivity contribution >= 4 is 5.69 Å². The Kier molecular flexibility index (Phi) is 4.14. The van der Waals surface area contributed by atoms with Crippen LogP contribution in [-0.4, -0.2) is 26.7 Å². The van der Waals surface area contributed by atoms with Crippen LogP contribution in [0.4, 0.5) is 5.69 Å². The van der Waals surface area contributed by atoms with Crippen molar-refractivity contribution in [2.75, 3.05) is 25.5 Å². The van der Waals surface area contributed by atoms with Gasteiger partial charge in [-0.25, -0.2) is 0 Å². The first kappa shape index (κ1) is 11.5. The zero-order chi connectivity index (χ0) is 11.3. The minimum atomic E-state index is -0.130. The molecule has 0 spiro atoms. The second-order valence-corrected chi connectivity index (χ2v) is 3.64. The van der Waals surface area contributed by atoms with Crippen LogP contribution in [0.15, 0.2) is 24.3 Å². The summed E-state index contributed by atoms with van der Waals surface area (Å²) in [5.74, 6) is 0. The molecule has 3 heteroatoms. The van der Waals surface area contributed by atoms with E-state index in [1.165, 1.54) is 11.3 Å². The second kappa shape index (κ2) is 5.38. The molecule has 0 amide bonds. The fraction of sp³-hybridized carbons (Fsp3) is 0.417. The Bertz CT molecular complexity index is 354. The highest BCUT2D eigenvalue weighted by Gasteiger charge is 2.09. The van der Waals surface area contributed by atoms with Crippen molar-refractivity contribution in [3.8, 4) is 6.07 Å². The Hall–Kier alpha value is -1.53. The van der Waals surface area contributed by atoms with Gasteiger partial charge in [-0.2, -0.15) is 5.26 Å². The number of benzene rings is 1. The topological polar surface area (TPSA) is 39.1 Å². The molecule has 0 heterocycles. The number of likely N-dealkylation sites (N-methyl/N-ethyl adjacent to an activating group) is 2. The van der Waals surface area contributed by atoms with E-state index in [0.717, 1.165) is 0 Å². The molecule has 1 aromatic carbocycles. The maximum absolute atomic E-state index is 8.85. The van der Waals surface area contributed by atoms with E-state index in [9.17, 15) is 0 Å². The quantitative estimate of drug-likeness (QED) is 0.807. The van der Waals surface area contributed by atoms with Gasteiger partial charge in [0.15, 0.2) is 0 Å². The first-order chi connectivity index (χ1) is 7.19. The molecule has 0 fully saturated rings. The third-order valence-electron chi connectivity index (χ3n) is 2.49. The van der Waals surface area contributed by atoms with Crippen LogP contribution in [0.25, 0.3) is 0 Å². The molecule has 0 aliphatic heterocycles. The molecule has 0 saturated carbocycles. The van der Waals surface area contributed by atoms with Gasteiger partial charge in [0, 0.05) is 19.3 Å². The van der Waals surface area contributed by atoms with Crippen LogP contribution in [0.5, 0.6) is 0 Å². The molecular weight excluding hydrogens is 186 g/mol. The van der Waals surface area contributed by atoms with Crippen molar-refractivity contribution < 1.29 is 0 Å². The van der Waals surface area contributed by atoms with E-state index >= 15 is 0 Å². The largest absolute Gasteiger partial charge is 0.372 e. The van der Waals surface area contributed by atoms with Gasteiger partial charge in [-0.15, -0.1) is 0 Å². The fourth-order valence-corrected chi connectivity index (χ4v) is 1.56. The van der Waals surface area contributed by atoms with Crippen molar-refractivity contribution in [1.29, 1.82) is 5.26 Å². The highest BCUT2D eigenvalue weighted by molar-refractivity contribution is 5.52. The zero-order valence-electron chi connectivity index (χ0n) is 9.49. The predicted molar refractivity (Wildman–Crippen MR) is 62.9 cm³/mol. The van der Waals surface area contributed by atoms with Crippen LogP contribution < -0.4 is 10.2 Å². The van der Waals surface area contributed by atoms with Gasteiger partial charge < -0.3 is 10.2 Å². The average Bonchev–Trinajstić information content (AvgIpc) is 2.26. The molecule has 1 unspecified atom stereocenters. The molecular formula is C12H17N3. The Balaban J connectivity index is 2.73. The summed E-state index contributed by atoms with van der Waals surface area (Å²) < 4.78 is 0. The maximum atomic E-state index is 8.85. The molecule has 0 aromatic heterocycles. The molecule has 0 radical (unpaired) electrons. The predicted octanol–water partition coefficient (Wildman–Crippen LogP) is 1.54. The number of rotatable bonds is 4. The summed E-state index contributed by atoms with van der Waals surface area (Å²) in [4.78, 5) is 2.10. The number of nitriles is 1. The number of nitrogens with zero attached hydrogens (tertiary/aromatic N) is 2. The van der Waals surface area contributed by atoms with Gasteiger partial charge in [-0.1, -0.05) is 18.2 Å². The van der Waals surface area contributed by atoms with E-state index in [2.05, 4.69) is 35.3 Å². The van der Waals surface area contributed by atoms with E-state index in [-0.39, 0.29) is 6.04 Å². The van der Waals surface area contributed by atoms with E-state index in [1.807, 2.05) is 19.2 Å². The summed E-state index contributed by atoms with van der Waals surface area (Å²) >= 11 is 0. The lowest BCUT2D eigenvalue weighted by atomic mass is 10.2. The van der Waals surface area contributed by atoms with Gasteiger partial charge in [-0.05, 0) is 25.6 Å². The highest BCUT2D eigenvalue weighted by atomic mass is 15.1. The molecule has 1 aromatic rings. The van der Waals surface area contributed by atoms with Crippen LogP contribution in [-0.2, 0) is 0 Å². The molecule has 0 aliphatic carbocycles. The lowest BCUT2D eigenvalue weighted by Gasteiger charge is -2.23. The third-order valence-corrected chi connectivity index (χ3v) is 2.49. The summed E-state index contributed by atoms with van der Waals surface area (Å²) in [7, 11) is 3.81. The van der Waals surface area contributed by atoms with E-state index in [1.54, 1.807) is 7.05 Å². The lowest BCUT2D eigenvalue weighted by Crippen LogP contribution is -2.36. The number of para-hydroxylation sites is 1. The smallest absolute Gasteiger partial charge is 0.113 e. The Morgan fingerprint density at radius 3 is 2.67 bits per heavy atom. The van der Waals surface area contributed by atoms with Gasteiger partial charge in [0.1, 0.15) is 6.04 Å². The van der Waals surface area contributed by atoms with Crippen molar-refractivity contribution in [2.24, 2.45) is 0 Å². The first-order valence-electron chi connectivity index (χ1n) is 5.02. The van der Waals surface area contributed by atoms with Gasteiger partial charge in [0.2, 0.25) is 0 Å².